The molecule has 0 atom stereocenters. The Morgan fingerprint density at radius 1 is 0.862 bits per heavy atom. The lowest BCUT2D eigenvalue weighted by molar-refractivity contribution is 0.100. The maximum Gasteiger partial charge on any atom is 0.256 e. The Labute approximate surface area is 175 Å². The Hall–Kier alpha value is -3.51. The van der Waals surface area contributed by atoms with E-state index in [9.17, 15) is 9.59 Å². The van der Waals surface area contributed by atoms with Crippen LogP contribution in [0, 0.1) is 0 Å². The van der Waals surface area contributed by atoms with E-state index in [1.54, 1.807) is 30.3 Å². The highest BCUT2D eigenvalue weighted by atomic mass is 79.9. The van der Waals surface area contributed by atoms with Crippen LogP contribution >= 0.6 is 15.9 Å². The summed E-state index contributed by atoms with van der Waals surface area (Å²) in [5, 5.41) is 3.54. The zero-order valence-electron chi connectivity index (χ0n) is 15.2. The number of nitrogens with two attached hydrogens (primary N) is 1. The van der Waals surface area contributed by atoms with Crippen molar-refractivity contribution in [1.82, 2.24) is 4.98 Å². The first kappa shape index (κ1) is 18.8. The molecule has 0 unspecified atom stereocenters. The maximum absolute atomic E-state index is 13.2. The van der Waals surface area contributed by atoms with Crippen molar-refractivity contribution in [2.75, 3.05) is 5.32 Å². The number of amides is 2. The Morgan fingerprint density at radius 2 is 1.62 bits per heavy atom. The SMILES string of the molecule is NC(=O)c1ccccc1NC(=O)c1cc(-c2cccc(Br)c2)nc2ccccc12. The van der Waals surface area contributed by atoms with Gasteiger partial charge in [-0.15, -0.1) is 0 Å². The van der Waals surface area contributed by atoms with Crippen LogP contribution in [0.15, 0.2) is 83.3 Å². The number of rotatable bonds is 4. The van der Waals surface area contributed by atoms with Gasteiger partial charge < -0.3 is 11.1 Å². The van der Waals surface area contributed by atoms with Crippen LogP contribution in [0.4, 0.5) is 5.69 Å². The number of benzene rings is 3. The Bertz CT molecular complexity index is 1250. The van der Waals surface area contributed by atoms with Gasteiger partial charge in [-0.25, -0.2) is 4.98 Å². The van der Waals surface area contributed by atoms with Gasteiger partial charge >= 0.3 is 0 Å². The lowest BCUT2D eigenvalue weighted by Gasteiger charge is -2.12. The number of nitrogens with one attached hydrogen (secondary N) is 1. The molecule has 5 nitrogen and oxygen atoms in total. The molecule has 1 heterocycles. The number of hydrogen-bond donors (Lipinski definition) is 2. The number of aromatic nitrogens is 1. The second-order valence-electron chi connectivity index (χ2n) is 6.45. The molecule has 29 heavy (non-hydrogen) atoms. The molecule has 3 aromatic carbocycles. The summed E-state index contributed by atoms with van der Waals surface area (Å²) in [7, 11) is 0. The molecule has 0 aliphatic carbocycles. The molecule has 3 N–H and O–H groups in total. The van der Waals surface area contributed by atoms with Gasteiger partial charge in [0.15, 0.2) is 0 Å². The van der Waals surface area contributed by atoms with Crippen molar-refractivity contribution in [3.63, 3.8) is 0 Å². The van der Waals surface area contributed by atoms with Crippen molar-refractivity contribution < 1.29 is 9.59 Å². The van der Waals surface area contributed by atoms with Crippen LogP contribution in [0.3, 0.4) is 0 Å². The number of carbonyl (C=O) groups is 2. The summed E-state index contributed by atoms with van der Waals surface area (Å²) < 4.78 is 0.923. The first-order chi connectivity index (χ1) is 14.0. The van der Waals surface area contributed by atoms with Gasteiger partial charge in [0, 0.05) is 15.4 Å². The molecular weight excluding hydrogens is 430 g/mol. The number of anilines is 1. The predicted molar refractivity (Wildman–Crippen MR) is 118 cm³/mol. The molecule has 0 radical (unpaired) electrons. The van der Waals surface area contributed by atoms with Crippen LogP contribution in [0.25, 0.3) is 22.2 Å². The fourth-order valence-electron chi connectivity index (χ4n) is 3.16. The standard InChI is InChI=1S/C23H16BrN3O2/c24-15-7-5-6-14(12-15)21-13-18(16-8-1-3-10-19(16)26-21)23(29)27-20-11-4-2-9-17(20)22(25)28/h1-13H,(H2,25,28)(H,27,29). The largest absolute Gasteiger partial charge is 0.366 e. The molecule has 0 fully saturated rings. The molecule has 4 aromatic rings. The third-order valence-electron chi connectivity index (χ3n) is 4.52. The molecule has 0 spiro atoms. The van der Waals surface area contributed by atoms with Gasteiger partial charge in [-0.2, -0.15) is 0 Å². The number of nitrogens with zero attached hydrogens (tertiary/aromatic N) is 1. The number of pyridine rings is 1. The minimum atomic E-state index is -0.602. The molecule has 1 aromatic heterocycles. The van der Waals surface area contributed by atoms with E-state index in [4.69, 9.17) is 10.7 Å². The maximum atomic E-state index is 13.2. The summed E-state index contributed by atoms with van der Waals surface area (Å²) in [6, 6.07) is 23.6. The van der Waals surface area contributed by atoms with Gasteiger partial charge in [-0.1, -0.05) is 58.4 Å². The lowest BCUT2D eigenvalue weighted by Crippen LogP contribution is -2.18. The first-order valence-corrected chi connectivity index (χ1v) is 9.68. The van der Waals surface area contributed by atoms with Gasteiger partial charge in [0.25, 0.3) is 11.8 Å². The fraction of sp³-hybridized carbons (Fsp3) is 0. The third-order valence-corrected chi connectivity index (χ3v) is 5.02. The van der Waals surface area contributed by atoms with Gasteiger partial charge in [0.1, 0.15) is 0 Å². The van der Waals surface area contributed by atoms with Crippen molar-refractivity contribution in [2.24, 2.45) is 5.73 Å². The summed E-state index contributed by atoms with van der Waals surface area (Å²) in [4.78, 5) is 29.5. The van der Waals surface area contributed by atoms with Crippen LogP contribution < -0.4 is 11.1 Å². The second kappa shape index (κ2) is 7.85. The van der Waals surface area contributed by atoms with Crippen molar-refractivity contribution in [3.05, 3.63) is 94.5 Å². The molecular formula is C23H16BrN3O2. The van der Waals surface area contributed by atoms with Crippen LogP contribution in [0.5, 0.6) is 0 Å². The van der Waals surface area contributed by atoms with Gasteiger partial charge in [0.2, 0.25) is 0 Å². The van der Waals surface area contributed by atoms with E-state index in [1.165, 1.54) is 0 Å². The number of fused-ring (bicyclic) bond motifs is 1. The van der Waals surface area contributed by atoms with E-state index in [0.29, 0.717) is 22.5 Å². The highest BCUT2D eigenvalue weighted by Crippen LogP contribution is 2.27. The van der Waals surface area contributed by atoms with E-state index < -0.39 is 5.91 Å². The Balaban J connectivity index is 1.82. The smallest absolute Gasteiger partial charge is 0.256 e. The van der Waals surface area contributed by atoms with Gasteiger partial charge in [0.05, 0.1) is 28.0 Å². The quantitative estimate of drug-likeness (QED) is 0.462. The van der Waals surface area contributed by atoms with Gasteiger partial charge in [-0.3, -0.25) is 9.59 Å². The van der Waals surface area contributed by atoms with Crippen molar-refractivity contribution >= 4 is 44.3 Å². The van der Waals surface area contributed by atoms with Crippen LogP contribution in [-0.4, -0.2) is 16.8 Å². The van der Waals surface area contributed by atoms with E-state index >= 15 is 0 Å². The highest BCUT2D eigenvalue weighted by molar-refractivity contribution is 9.10. The highest BCUT2D eigenvalue weighted by Gasteiger charge is 2.16. The van der Waals surface area contributed by atoms with Crippen LogP contribution in [0.1, 0.15) is 20.7 Å². The number of halogens is 1. The number of carbonyl (C=O) groups excluding carboxylic acids is 2. The summed E-state index contributed by atoms with van der Waals surface area (Å²) in [6.07, 6.45) is 0. The molecule has 0 saturated heterocycles. The average molecular weight is 446 g/mol. The van der Waals surface area contributed by atoms with E-state index in [1.807, 2.05) is 48.5 Å². The molecule has 142 valence electrons. The second-order valence-corrected chi connectivity index (χ2v) is 7.36. The van der Waals surface area contributed by atoms with Crippen molar-refractivity contribution in [3.8, 4) is 11.3 Å². The van der Waals surface area contributed by atoms with E-state index in [0.717, 1.165) is 15.4 Å². The van der Waals surface area contributed by atoms with Gasteiger partial charge in [-0.05, 0) is 36.4 Å². The minimum Gasteiger partial charge on any atom is -0.366 e. The molecule has 0 aliphatic heterocycles. The van der Waals surface area contributed by atoms with Crippen LogP contribution in [0.2, 0.25) is 0 Å². The monoisotopic (exact) mass is 445 g/mol. The van der Waals surface area contributed by atoms with Crippen LogP contribution in [-0.2, 0) is 0 Å². The topological polar surface area (TPSA) is 85.1 Å². The third kappa shape index (κ3) is 3.88. The minimum absolute atomic E-state index is 0.256. The molecule has 0 aliphatic rings. The molecule has 6 heteroatoms. The number of hydrogen-bond acceptors (Lipinski definition) is 3. The summed E-state index contributed by atoms with van der Waals surface area (Å²) in [5.41, 5.74) is 8.79. The fourth-order valence-corrected chi connectivity index (χ4v) is 3.55. The molecule has 2 amide bonds. The van der Waals surface area contributed by atoms with Crippen molar-refractivity contribution in [2.45, 2.75) is 0 Å². The zero-order chi connectivity index (χ0) is 20.4. The average Bonchev–Trinajstić information content (AvgIpc) is 2.73. The number of primary amides is 1. The summed E-state index contributed by atoms with van der Waals surface area (Å²) >= 11 is 3.47. The predicted octanol–water partition coefficient (Wildman–Crippen LogP) is 5.02. The lowest BCUT2D eigenvalue weighted by atomic mass is 10.0. The van der Waals surface area contributed by atoms with E-state index in [-0.39, 0.29) is 11.5 Å². The Kier molecular flexibility index (Phi) is 5.10. The zero-order valence-corrected chi connectivity index (χ0v) is 16.8. The normalized spacial score (nSPS) is 10.7. The molecule has 4 rings (SSSR count). The molecule has 0 bridgehead atoms. The summed E-state index contributed by atoms with van der Waals surface area (Å²) in [5.74, 6) is -0.941. The summed E-state index contributed by atoms with van der Waals surface area (Å²) in [6.45, 7) is 0. The van der Waals surface area contributed by atoms with Crippen molar-refractivity contribution in [1.29, 1.82) is 0 Å². The van der Waals surface area contributed by atoms with E-state index in [2.05, 4.69) is 21.2 Å². The Morgan fingerprint density at radius 3 is 2.41 bits per heavy atom. The number of para-hydroxylation sites is 2. The first-order valence-electron chi connectivity index (χ1n) is 8.89. The molecule has 0 saturated carbocycles.